The fraction of sp³-hybridized carbons (Fsp3) is 0.0556. The van der Waals surface area contributed by atoms with Crippen molar-refractivity contribution in [2.24, 2.45) is 0 Å². The number of hydrogen-bond donors (Lipinski definition) is 0. The fourth-order valence-electron chi connectivity index (χ4n) is 2.41. The predicted molar refractivity (Wildman–Crippen MR) is 83.3 cm³/mol. The average molecular weight is 307 g/mol. The molecule has 114 valence electrons. The summed E-state index contributed by atoms with van der Waals surface area (Å²) in [5, 5.41) is 0. The van der Waals surface area contributed by atoms with Gasteiger partial charge in [-0.25, -0.2) is 4.79 Å². The van der Waals surface area contributed by atoms with Gasteiger partial charge in [0.05, 0.1) is 5.56 Å². The molecule has 0 bridgehead atoms. The molecule has 0 N–H and O–H groups in total. The number of aromatic nitrogens is 1. The first-order chi connectivity index (χ1) is 11.3. The molecule has 1 aliphatic rings. The third kappa shape index (κ3) is 2.64. The zero-order valence-corrected chi connectivity index (χ0v) is 12.1. The number of carbonyl (C=O) groups is 1. The number of carbonyl (C=O) groups excluding carboxylic acids is 1. The van der Waals surface area contributed by atoms with Crippen LogP contribution in [0.25, 0.3) is 5.69 Å². The highest BCUT2D eigenvalue weighted by atomic mass is 16.7. The number of hydrogen-bond acceptors (Lipinski definition) is 4. The van der Waals surface area contributed by atoms with Crippen molar-refractivity contribution in [2.45, 2.75) is 0 Å². The average Bonchev–Trinajstić information content (AvgIpc) is 3.26. The quantitative estimate of drug-likeness (QED) is 0.549. The minimum absolute atomic E-state index is 0.186. The molecule has 1 aliphatic heterocycles. The van der Waals surface area contributed by atoms with Crippen molar-refractivity contribution in [3.8, 4) is 22.9 Å². The Bertz CT molecular complexity index is 855. The van der Waals surface area contributed by atoms with E-state index in [1.807, 2.05) is 41.2 Å². The van der Waals surface area contributed by atoms with Gasteiger partial charge in [-0.3, -0.25) is 0 Å². The van der Waals surface area contributed by atoms with Gasteiger partial charge in [0, 0.05) is 24.1 Å². The second kappa shape index (κ2) is 5.53. The molecule has 0 amide bonds. The summed E-state index contributed by atoms with van der Waals surface area (Å²) in [4.78, 5) is 12.3. The number of rotatable bonds is 3. The minimum atomic E-state index is -0.419. The lowest BCUT2D eigenvalue weighted by Crippen LogP contribution is -2.09. The van der Waals surface area contributed by atoms with E-state index in [1.54, 1.807) is 30.3 Å². The molecule has 5 nitrogen and oxygen atoms in total. The van der Waals surface area contributed by atoms with Crippen LogP contribution in [0.3, 0.4) is 0 Å². The molecule has 0 unspecified atom stereocenters. The van der Waals surface area contributed by atoms with E-state index in [9.17, 15) is 4.79 Å². The number of esters is 1. The molecule has 2 aromatic carbocycles. The summed E-state index contributed by atoms with van der Waals surface area (Å²) in [7, 11) is 0. The SMILES string of the molecule is O=C(Oc1ccc2c(c1)OCO2)c1cccc(-n2cccc2)c1. The summed E-state index contributed by atoms with van der Waals surface area (Å²) in [6.07, 6.45) is 3.84. The van der Waals surface area contributed by atoms with E-state index in [1.165, 1.54) is 0 Å². The van der Waals surface area contributed by atoms with Gasteiger partial charge < -0.3 is 18.8 Å². The molecule has 0 spiro atoms. The molecule has 0 atom stereocenters. The van der Waals surface area contributed by atoms with Gasteiger partial charge >= 0.3 is 5.97 Å². The lowest BCUT2D eigenvalue weighted by Gasteiger charge is -2.07. The Morgan fingerprint density at radius 3 is 2.65 bits per heavy atom. The van der Waals surface area contributed by atoms with Crippen molar-refractivity contribution in [3.05, 3.63) is 72.6 Å². The van der Waals surface area contributed by atoms with Gasteiger partial charge in [-0.1, -0.05) is 6.07 Å². The molecule has 0 saturated heterocycles. The van der Waals surface area contributed by atoms with Gasteiger partial charge in [0.2, 0.25) is 6.79 Å². The lowest BCUT2D eigenvalue weighted by molar-refractivity contribution is 0.0734. The zero-order valence-electron chi connectivity index (χ0n) is 12.1. The van der Waals surface area contributed by atoms with Crippen LogP contribution in [0.2, 0.25) is 0 Å². The number of fused-ring (bicyclic) bond motifs is 1. The van der Waals surface area contributed by atoms with Crippen molar-refractivity contribution in [3.63, 3.8) is 0 Å². The van der Waals surface area contributed by atoms with E-state index in [2.05, 4.69) is 0 Å². The summed E-state index contributed by atoms with van der Waals surface area (Å²) in [5.41, 5.74) is 1.38. The highest BCUT2D eigenvalue weighted by molar-refractivity contribution is 5.91. The van der Waals surface area contributed by atoms with Gasteiger partial charge in [-0.05, 0) is 42.5 Å². The van der Waals surface area contributed by atoms with Crippen LogP contribution in [-0.4, -0.2) is 17.3 Å². The predicted octanol–water partition coefficient (Wildman–Crippen LogP) is 3.43. The van der Waals surface area contributed by atoms with Crippen molar-refractivity contribution in [1.82, 2.24) is 4.57 Å². The monoisotopic (exact) mass is 307 g/mol. The van der Waals surface area contributed by atoms with Gasteiger partial charge in [0.25, 0.3) is 0 Å². The molecule has 0 saturated carbocycles. The fourth-order valence-corrected chi connectivity index (χ4v) is 2.41. The number of benzene rings is 2. The normalized spacial score (nSPS) is 12.2. The maximum absolute atomic E-state index is 12.3. The van der Waals surface area contributed by atoms with E-state index >= 15 is 0 Å². The van der Waals surface area contributed by atoms with Crippen LogP contribution in [0, 0.1) is 0 Å². The van der Waals surface area contributed by atoms with E-state index in [-0.39, 0.29) is 6.79 Å². The first-order valence-electron chi connectivity index (χ1n) is 7.15. The van der Waals surface area contributed by atoms with Gasteiger partial charge in [-0.2, -0.15) is 0 Å². The molecule has 5 heteroatoms. The third-order valence-corrected chi connectivity index (χ3v) is 3.54. The molecule has 1 aromatic heterocycles. The Morgan fingerprint density at radius 1 is 0.957 bits per heavy atom. The smallest absolute Gasteiger partial charge is 0.343 e. The second-order valence-corrected chi connectivity index (χ2v) is 5.05. The van der Waals surface area contributed by atoms with Crippen LogP contribution in [0.15, 0.2) is 67.0 Å². The molecule has 4 rings (SSSR count). The number of ether oxygens (including phenoxy) is 3. The lowest BCUT2D eigenvalue weighted by atomic mass is 10.2. The maximum atomic E-state index is 12.3. The summed E-state index contributed by atoms with van der Waals surface area (Å²) in [5.74, 6) is 1.24. The summed E-state index contributed by atoms with van der Waals surface area (Å²) >= 11 is 0. The van der Waals surface area contributed by atoms with E-state index in [0.717, 1.165) is 5.69 Å². The van der Waals surface area contributed by atoms with Crippen LogP contribution >= 0.6 is 0 Å². The molecule has 2 heterocycles. The van der Waals surface area contributed by atoms with E-state index in [0.29, 0.717) is 22.8 Å². The Labute approximate surface area is 132 Å². The van der Waals surface area contributed by atoms with E-state index < -0.39 is 5.97 Å². The Balaban J connectivity index is 1.56. The highest BCUT2D eigenvalue weighted by Crippen LogP contribution is 2.35. The summed E-state index contributed by atoms with van der Waals surface area (Å²) in [6, 6.07) is 16.2. The van der Waals surface area contributed by atoms with Gasteiger partial charge in [-0.15, -0.1) is 0 Å². The van der Waals surface area contributed by atoms with Crippen LogP contribution < -0.4 is 14.2 Å². The minimum Gasteiger partial charge on any atom is -0.454 e. The molecular formula is C18H13NO4. The van der Waals surface area contributed by atoms with Crippen LogP contribution in [-0.2, 0) is 0 Å². The van der Waals surface area contributed by atoms with Crippen molar-refractivity contribution >= 4 is 5.97 Å². The molecule has 23 heavy (non-hydrogen) atoms. The Kier molecular flexibility index (Phi) is 3.24. The van der Waals surface area contributed by atoms with Crippen LogP contribution in [0.5, 0.6) is 17.2 Å². The van der Waals surface area contributed by atoms with Crippen molar-refractivity contribution < 1.29 is 19.0 Å². The molecule has 0 fully saturated rings. The highest BCUT2D eigenvalue weighted by Gasteiger charge is 2.16. The van der Waals surface area contributed by atoms with Crippen molar-refractivity contribution in [2.75, 3.05) is 6.79 Å². The second-order valence-electron chi connectivity index (χ2n) is 5.05. The Morgan fingerprint density at radius 2 is 1.78 bits per heavy atom. The summed E-state index contributed by atoms with van der Waals surface area (Å²) in [6.45, 7) is 0.186. The largest absolute Gasteiger partial charge is 0.454 e. The van der Waals surface area contributed by atoms with Gasteiger partial charge in [0.15, 0.2) is 11.5 Å². The first-order valence-corrected chi connectivity index (χ1v) is 7.15. The molecule has 3 aromatic rings. The maximum Gasteiger partial charge on any atom is 0.343 e. The molecule has 0 aliphatic carbocycles. The first kappa shape index (κ1) is 13.5. The van der Waals surface area contributed by atoms with Crippen LogP contribution in [0.4, 0.5) is 0 Å². The van der Waals surface area contributed by atoms with Crippen LogP contribution in [0.1, 0.15) is 10.4 Å². The van der Waals surface area contributed by atoms with Crippen molar-refractivity contribution in [1.29, 1.82) is 0 Å². The van der Waals surface area contributed by atoms with E-state index in [4.69, 9.17) is 14.2 Å². The zero-order chi connectivity index (χ0) is 15.6. The van der Waals surface area contributed by atoms with Gasteiger partial charge in [0.1, 0.15) is 5.75 Å². The topological polar surface area (TPSA) is 49.7 Å². The molecule has 0 radical (unpaired) electrons. The standard InChI is InChI=1S/C18H13NO4/c20-18(23-15-6-7-16-17(11-15)22-12-21-16)13-4-3-5-14(10-13)19-8-1-2-9-19/h1-11H,12H2. The number of nitrogens with zero attached hydrogens (tertiary/aromatic N) is 1. The molecular weight excluding hydrogens is 294 g/mol. The Hall–Kier alpha value is -3.21. The third-order valence-electron chi connectivity index (χ3n) is 3.54. The summed E-state index contributed by atoms with van der Waals surface area (Å²) < 4.78 is 17.9.